The lowest BCUT2D eigenvalue weighted by molar-refractivity contribution is 0.163. The number of aromatic amines is 1. The number of hydrogen-bond donors (Lipinski definition) is 2. The second-order valence-electron chi connectivity index (χ2n) is 10.5. The van der Waals surface area contributed by atoms with Crippen molar-refractivity contribution in [3.63, 3.8) is 0 Å². The number of aromatic nitrogens is 4. The van der Waals surface area contributed by atoms with Crippen LogP contribution in [-0.2, 0) is 32.5 Å². The van der Waals surface area contributed by atoms with E-state index in [1.54, 1.807) is 0 Å². The molecule has 39 heavy (non-hydrogen) atoms. The lowest BCUT2D eigenvalue weighted by Crippen LogP contribution is -2.33. The Labute approximate surface area is 230 Å². The molecule has 0 aliphatic heterocycles. The standard InChI is InChI=1S/C33H36N6/c1-2-12-30-29(11-1)37-32(38-30)14-7-21-39(31-13-5-8-27-9-6-20-36-33(27)31)24-26-17-15-25(16-18-26)22-34-23-28-10-3-4-19-35-28/h1-4,6,9-12,15-20,31,34H,5,7-8,13-14,21-24H2,(H,37,38). The van der Waals surface area contributed by atoms with Crippen molar-refractivity contribution >= 4 is 11.0 Å². The number of hydrogen-bond acceptors (Lipinski definition) is 5. The minimum atomic E-state index is 0.352. The predicted octanol–water partition coefficient (Wildman–Crippen LogP) is 6.16. The van der Waals surface area contributed by atoms with E-state index in [9.17, 15) is 0 Å². The Morgan fingerprint density at radius 1 is 0.846 bits per heavy atom. The fraction of sp³-hybridized carbons (Fsp3) is 0.303. The van der Waals surface area contributed by atoms with E-state index in [1.165, 1.54) is 28.8 Å². The van der Waals surface area contributed by atoms with E-state index in [0.29, 0.717) is 6.04 Å². The SMILES string of the molecule is c1ccc(CNCc2ccc(CN(CCCc3nc4ccccc4[nH]3)C3CCCc4cccnc43)cc2)nc1. The van der Waals surface area contributed by atoms with Gasteiger partial charge in [-0.3, -0.25) is 14.9 Å². The Morgan fingerprint density at radius 2 is 1.69 bits per heavy atom. The van der Waals surface area contributed by atoms with Crippen LogP contribution in [0, 0.1) is 0 Å². The van der Waals surface area contributed by atoms with Gasteiger partial charge in [-0.2, -0.15) is 0 Å². The summed E-state index contributed by atoms with van der Waals surface area (Å²) in [4.78, 5) is 20.2. The van der Waals surface area contributed by atoms with Crippen molar-refractivity contribution in [1.82, 2.24) is 30.2 Å². The number of fused-ring (bicyclic) bond motifs is 2. The highest BCUT2D eigenvalue weighted by Gasteiger charge is 2.27. The molecule has 5 aromatic rings. The number of rotatable bonds is 11. The number of imidazole rings is 1. The molecule has 1 unspecified atom stereocenters. The lowest BCUT2D eigenvalue weighted by Gasteiger charge is -2.35. The van der Waals surface area contributed by atoms with Crippen LogP contribution < -0.4 is 5.32 Å². The van der Waals surface area contributed by atoms with Crippen LogP contribution >= 0.6 is 0 Å². The van der Waals surface area contributed by atoms with Gasteiger partial charge in [0, 0.05) is 38.4 Å². The summed E-state index contributed by atoms with van der Waals surface area (Å²) in [5.74, 6) is 1.07. The number of H-pyrrole nitrogens is 1. The minimum absolute atomic E-state index is 0.352. The van der Waals surface area contributed by atoms with Crippen molar-refractivity contribution in [1.29, 1.82) is 0 Å². The second-order valence-corrected chi connectivity index (χ2v) is 10.5. The van der Waals surface area contributed by atoms with Crippen molar-refractivity contribution in [2.75, 3.05) is 6.54 Å². The van der Waals surface area contributed by atoms with Gasteiger partial charge in [0.05, 0.1) is 28.5 Å². The summed E-state index contributed by atoms with van der Waals surface area (Å²) in [7, 11) is 0. The number of para-hydroxylation sites is 2. The fourth-order valence-corrected chi connectivity index (χ4v) is 5.69. The maximum Gasteiger partial charge on any atom is 0.107 e. The Balaban J connectivity index is 1.12. The van der Waals surface area contributed by atoms with Crippen LogP contribution in [0.3, 0.4) is 0 Å². The maximum atomic E-state index is 4.86. The lowest BCUT2D eigenvalue weighted by atomic mass is 9.90. The van der Waals surface area contributed by atoms with Gasteiger partial charge in [0.2, 0.25) is 0 Å². The summed E-state index contributed by atoms with van der Waals surface area (Å²) in [6, 6.07) is 28.1. The quantitative estimate of drug-likeness (QED) is 0.220. The van der Waals surface area contributed by atoms with Crippen LogP contribution in [0.15, 0.2) is 91.3 Å². The molecule has 1 aliphatic rings. The second kappa shape index (κ2) is 12.3. The van der Waals surface area contributed by atoms with Gasteiger partial charge in [-0.1, -0.05) is 48.5 Å². The number of aryl methyl sites for hydroxylation is 2. The van der Waals surface area contributed by atoms with E-state index < -0.39 is 0 Å². The van der Waals surface area contributed by atoms with E-state index >= 15 is 0 Å². The first-order valence-electron chi connectivity index (χ1n) is 14.1. The third-order valence-electron chi connectivity index (χ3n) is 7.67. The summed E-state index contributed by atoms with van der Waals surface area (Å²) in [6.07, 6.45) is 9.29. The Bertz CT molecular complexity index is 1440. The van der Waals surface area contributed by atoms with Crippen molar-refractivity contribution < 1.29 is 0 Å². The van der Waals surface area contributed by atoms with Crippen LogP contribution in [0.4, 0.5) is 0 Å². The molecule has 0 fully saturated rings. The summed E-state index contributed by atoms with van der Waals surface area (Å²) in [5.41, 5.74) is 8.53. The topological polar surface area (TPSA) is 69.7 Å². The Morgan fingerprint density at radius 3 is 2.56 bits per heavy atom. The molecule has 0 amide bonds. The molecular weight excluding hydrogens is 480 g/mol. The van der Waals surface area contributed by atoms with Crippen molar-refractivity contribution in [2.24, 2.45) is 0 Å². The molecule has 3 heterocycles. The molecule has 1 atom stereocenters. The number of pyridine rings is 2. The van der Waals surface area contributed by atoms with Gasteiger partial charge in [0.25, 0.3) is 0 Å². The van der Waals surface area contributed by atoms with Crippen molar-refractivity contribution in [2.45, 2.75) is 57.8 Å². The predicted molar refractivity (Wildman–Crippen MR) is 156 cm³/mol. The maximum absolute atomic E-state index is 4.86. The highest BCUT2D eigenvalue weighted by molar-refractivity contribution is 5.74. The molecule has 6 rings (SSSR count). The first kappa shape index (κ1) is 25.4. The van der Waals surface area contributed by atoms with Crippen LogP contribution in [0.1, 0.15) is 59.2 Å². The summed E-state index contributed by atoms with van der Waals surface area (Å²) >= 11 is 0. The molecule has 2 aromatic carbocycles. The average molecular weight is 517 g/mol. The number of benzene rings is 2. The largest absolute Gasteiger partial charge is 0.342 e. The molecular formula is C33H36N6. The average Bonchev–Trinajstić information content (AvgIpc) is 3.41. The highest BCUT2D eigenvalue weighted by atomic mass is 15.2. The van der Waals surface area contributed by atoms with Gasteiger partial charge in [0.15, 0.2) is 0 Å². The van der Waals surface area contributed by atoms with E-state index in [1.807, 2.05) is 30.6 Å². The molecule has 0 saturated heterocycles. The van der Waals surface area contributed by atoms with Crippen molar-refractivity contribution in [3.8, 4) is 0 Å². The molecule has 6 nitrogen and oxygen atoms in total. The smallest absolute Gasteiger partial charge is 0.107 e. The van der Waals surface area contributed by atoms with Gasteiger partial charge >= 0.3 is 0 Å². The zero-order chi connectivity index (χ0) is 26.3. The molecule has 198 valence electrons. The summed E-state index contributed by atoms with van der Waals surface area (Å²) in [5, 5.41) is 3.50. The normalized spacial score (nSPS) is 15.1. The molecule has 0 saturated carbocycles. The van der Waals surface area contributed by atoms with Gasteiger partial charge in [0.1, 0.15) is 5.82 Å². The van der Waals surface area contributed by atoms with E-state index in [2.05, 4.69) is 80.8 Å². The third-order valence-corrected chi connectivity index (χ3v) is 7.67. The number of nitrogens with one attached hydrogen (secondary N) is 2. The first-order valence-corrected chi connectivity index (χ1v) is 14.1. The zero-order valence-electron chi connectivity index (χ0n) is 22.4. The van der Waals surface area contributed by atoms with Crippen LogP contribution in [-0.4, -0.2) is 31.4 Å². The van der Waals surface area contributed by atoms with Crippen LogP contribution in [0.2, 0.25) is 0 Å². The fourth-order valence-electron chi connectivity index (χ4n) is 5.69. The van der Waals surface area contributed by atoms with Crippen LogP contribution in [0.5, 0.6) is 0 Å². The molecule has 2 N–H and O–H groups in total. The van der Waals surface area contributed by atoms with Gasteiger partial charge in [-0.15, -0.1) is 0 Å². The third kappa shape index (κ3) is 6.41. The molecule has 1 aliphatic carbocycles. The minimum Gasteiger partial charge on any atom is -0.342 e. The monoisotopic (exact) mass is 516 g/mol. The van der Waals surface area contributed by atoms with Gasteiger partial charge < -0.3 is 10.3 Å². The molecule has 0 bridgehead atoms. The van der Waals surface area contributed by atoms with Gasteiger partial charge in [-0.25, -0.2) is 4.98 Å². The summed E-state index contributed by atoms with van der Waals surface area (Å²) in [6.45, 7) is 3.53. The molecule has 0 spiro atoms. The van der Waals surface area contributed by atoms with Gasteiger partial charge in [-0.05, 0) is 79.3 Å². The van der Waals surface area contributed by atoms with Crippen molar-refractivity contribution in [3.05, 3.63) is 125 Å². The summed E-state index contributed by atoms with van der Waals surface area (Å²) < 4.78 is 0. The first-order chi connectivity index (χ1) is 19.3. The van der Waals surface area contributed by atoms with E-state index in [-0.39, 0.29) is 0 Å². The highest BCUT2D eigenvalue weighted by Crippen LogP contribution is 2.34. The molecule has 3 aromatic heterocycles. The Hall–Kier alpha value is -3.87. The van der Waals surface area contributed by atoms with Crippen LogP contribution in [0.25, 0.3) is 11.0 Å². The number of nitrogens with zero attached hydrogens (tertiary/aromatic N) is 4. The molecule has 6 heteroatoms. The van der Waals surface area contributed by atoms with E-state index in [0.717, 1.165) is 74.4 Å². The Kier molecular flexibility index (Phi) is 8.03. The van der Waals surface area contributed by atoms with E-state index in [4.69, 9.17) is 9.97 Å². The molecule has 0 radical (unpaired) electrons. The zero-order valence-corrected chi connectivity index (χ0v) is 22.4.